The molecule has 5 nitrogen and oxygen atoms in total. The summed E-state index contributed by atoms with van der Waals surface area (Å²) in [5.74, 6) is -1.49. The van der Waals surface area contributed by atoms with E-state index in [4.69, 9.17) is 9.47 Å². The van der Waals surface area contributed by atoms with E-state index in [9.17, 15) is 14.4 Å². The molecule has 2 aliphatic rings. The van der Waals surface area contributed by atoms with E-state index in [2.05, 4.69) is 6.58 Å². The Kier molecular flexibility index (Phi) is 6.12. The summed E-state index contributed by atoms with van der Waals surface area (Å²) in [5.41, 5.74) is 2.68. The molecular formula is C20H24O5. The van der Waals surface area contributed by atoms with Crippen LogP contribution in [0, 0.1) is 5.92 Å². The number of carbonyl (C=O) groups is 3. The zero-order valence-electron chi connectivity index (χ0n) is 14.9. The molecule has 0 spiro atoms. The Labute approximate surface area is 148 Å². The van der Waals surface area contributed by atoms with Crippen molar-refractivity contribution in [2.24, 2.45) is 5.92 Å². The highest BCUT2D eigenvalue weighted by molar-refractivity contribution is 5.91. The molecule has 1 aliphatic heterocycles. The van der Waals surface area contributed by atoms with Gasteiger partial charge in [0.05, 0.1) is 5.92 Å². The van der Waals surface area contributed by atoms with E-state index in [1.165, 1.54) is 6.08 Å². The predicted octanol–water partition coefficient (Wildman–Crippen LogP) is 3.22. The van der Waals surface area contributed by atoms with Gasteiger partial charge < -0.3 is 9.47 Å². The number of aldehydes is 1. The first-order valence-electron chi connectivity index (χ1n) is 8.38. The van der Waals surface area contributed by atoms with Crippen LogP contribution < -0.4 is 0 Å². The minimum atomic E-state index is -0.689. The number of ether oxygens (including phenoxy) is 2. The summed E-state index contributed by atoms with van der Waals surface area (Å²) < 4.78 is 11.0. The van der Waals surface area contributed by atoms with Crippen LogP contribution in [0.1, 0.15) is 40.0 Å². The minimum Gasteiger partial charge on any atom is -0.458 e. The fourth-order valence-electron chi connectivity index (χ4n) is 3.10. The Bertz CT molecular complexity index is 676. The number of rotatable bonds is 3. The van der Waals surface area contributed by atoms with E-state index < -0.39 is 30.1 Å². The lowest BCUT2D eigenvalue weighted by Gasteiger charge is -2.26. The molecule has 1 aliphatic carbocycles. The van der Waals surface area contributed by atoms with E-state index in [1.54, 1.807) is 13.8 Å². The first-order chi connectivity index (χ1) is 11.8. The number of fused-ring (bicyclic) bond motifs is 1. The van der Waals surface area contributed by atoms with Gasteiger partial charge in [0.1, 0.15) is 18.5 Å². The maximum atomic E-state index is 12.1. The van der Waals surface area contributed by atoms with Gasteiger partial charge in [-0.25, -0.2) is 9.59 Å². The molecule has 3 atom stereocenters. The normalized spacial score (nSPS) is 26.6. The largest absolute Gasteiger partial charge is 0.458 e. The standard InChI is InChI=1S/C20H24O5/c1-12(2)8-18(22)24-17-10-15(11-21)7-5-6-13(3)9-16-19(17)14(4)20(23)25-16/h7-9,11,16-17,19H,4-6,10H2,1-3H3. The zero-order chi connectivity index (χ0) is 18.6. The summed E-state index contributed by atoms with van der Waals surface area (Å²) in [4.78, 5) is 35.5. The second-order valence-corrected chi connectivity index (χ2v) is 6.77. The van der Waals surface area contributed by atoms with Gasteiger partial charge in [-0.3, -0.25) is 4.79 Å². The molecule has 0 radical (unpaired) electrons. The van der Waals surface area contributed by atoms with Crippen molar-refractivity contribution < 1.29 is 23.9 Å². The average Bonchev–Trinajstić information content (AvgIpc) is 2.78. The molecule has 2 rings (SSSR count). The topological polar surface area (TPSA) is 69.7 Å². The van der Waals surface area contributed by atoms with Crippen LogP contribution in [0.4, 0.5) is 0 Å². The highest BCUT2D eigenvalue weighted by atomic mass is 16.6. The predicted molar refractivity (Wildman–Crippen MR) is 93.6 cm³/mol. The van der Waals surface area contributed by atoms with Gasteiger partial charge in [-0.05, 0) is 45.3 Å². The Morgan fingerprint density at radius 1 is 1.40 bits per heavy atom. The maximum absolute atomic E-state index is 12.1. The second-order valence-electron chi connectivity index (χ2n) is 6.77. The maximum Gasteiger partial charge on any atom is 0.334 e. The summed E-state index contributed by atoms with van der Waals surface area (Å²) in [6, 6.07) is 0. The van der Waals surface area contributed by atoms with Crippen LogP contribution in [0.5, 0.6) is 0 Å². The van der Waals surface area contributed by atoms with Crippen LogP contribution in [0.25, 0.3) is 0 Å². The lowest BCUT2D eigenvalue weighted by molar-refractivity contribution is -0.146. The first kappa shape index (κ1) is 18.9. The molecular weight excluding hydrogens is 320 g/mol. The van der Waals surface area contributed by atoms with Gasteiger partial charge in [0.15, 0.2) is 0 Å². The van der Waals surface area contributed by atoms with Crippen molar-refractivity contribution in [2.75, 3.05) is 0 Å². The van der Waals surface area contributed by atoms with Gasteiger partial charge in [-0.1, -0.05) is 23.8 Å². The molecule has 0 bridgehead atoms. The molecule has 1 saturated heterocycles. The van der Waals surface area contributed by atoms with Gasteiger partial charge in [0.2, 0.25) is 0 Å². The zero-order valence-corrected chi connectivity index (χ0v) is 14.9. The summed E-state index contributed by atoms with van der Waals surface area (Å²) in [5, 5.41) is 0. The SMILES string of the molecule is C=C1C(=O)OC2C=C(C)CCC=C(C=O)CC(OC(=O)C=C(C)C)C12. The van der Waals surface area contributed by atoms with Gasteiger partial charge in [0.25, 0.3) is 0 Å². The molecule has 0 N–H and O–H groups in total. The van der Waals surface area contributed by atoms with Crippen molar-refractivity contribution in [3.8, 4) is 0 Å². The van der Waals surface area contributed by atoms with Crippen LogP contribution in [0.15, 0.2) is 47.1 Å². The summed E-state index contributed by atoms with van der Waals surface area (Å²) in [6.07, 6.45) is 6.40. The van der Waals surface area contributed by atoms with Crippen LogP contribution in [0.3, 0.4) is 0 Å². The number of allylic oxidation sites excluding steroid dienone is 3. The third kappa shape index (κ3) is 4.78. The molecule has 0 amide bonds. The van der Waals surface area contributed by atoms with Crippen molar-refractivity contribution in [3.63, 3.8) is 0 Å². The summed E-state index contributed by atoms with van der Waals surface area (Å²) in [7, 11) is 0. The second kappa shape index (κ2) is 8.10. The van der Waals surface area contributed by atoms with Gasteiger partial charge >= 0.3 is 11.9 Å². The van der Waals surface area contributed by atoms with E-state index >= 15 is 0 Å². The van der Waals surface area contributed by atoms with Gasteiger partial charge in [0, 0.05) is 18.1 Å². The lowest BCUT2D eigenvalue weighted by Crippen LogP contribution is -2.33. The molecule has 5 heteroatoms. The molecule has 134 valence electrons. The van der Waals surface area contributed by atoms with Crippen LogP contribution >= 0.6 is 0 Å². The highest BCUT2D eigenvalue weighted by Gasteiger charge is 2.44. The monoisotopic (exact) mass is 344 g/mol. The molecule has 0 saturated carbocycles. The minimum absolute atomic E-state index is 0.232. The average molecular weight is 344 g/mol. The third-order valence-electron chi connectivity index (χ3n) is 4.32. The molecule has 0 aromatic rings. The molecule has 0 aromatic carbocycles. The molecule has 1 heterocycles. The molecule has 25 heavy (non-hydrogen) atoms. The first-order valence-corrected chi connectivity index (χ1v) is 8.38. The molecule has 0 aromatic heterocycles. The van der Waals surface area contributed by atoms with Crippen molar-refractivity contribution in [3.05, 3.63) is 47.1 Å². The fraction of sp³-hybridized carbons (Fsp3) is 0.450. The van der Waals surface area contributed by atoms with Crippen molar-refractivity contribution in [2.45, 2.75) is 52.2 Å². The Balaban J connectivity index is 2.41. The van der Waals surface area contributed by atoms with Crippen LogP contribution in [-0.2, 0) is 23.9 Å². The highest BCUT2D eigenvalue weighted by Crippen LogP contribution is 2.36. The van der Waals surface area contributed by atoms with E-state index in [-0.39, 0.29) is 12.0 Å². The Morgan fingerprint density at radius 2 is 2.12 bits per heavy atom. The van der Waals surface area contributed by atoms with Crippen molar-refractivity contribution >= 4 is 18.2 Å². The van der Waals surface area contributed by atoms with E-state index in [0.29, 0.717) is 12.0 Å². The van der Waals surface area contributed by atoms with E-state index in [0.717, 1.165) is 23.9 Å². The van der Waals surface area contributed by atoms with E-state index in [1.807, 2.05) is 19.1 Å². The quantitative estimate of drug-likeness (QED) is 0.340. The Hall–Kier alpha value is -2.43. The van der Waals surface area contributed by atoms with Crippen molar-refractivity contribution in [1.82, 2.24) is 0 Å². The lowest BCUT2D eigenvalue weighted by atomic mass is 9.85. The molecule has 3 unspecified atom stereocenters. The summed E-state index contributed by atoms with van der Waals surface area (Å²) in [6.45, 7) is 9.36. The number of hydrogen-bond donors (Lipinski definition) is 0. The Morgan fingerprint density at radius 3 is 2.76 bits per heavy atom. The number of esters is 2. The van der Waals surface area contributed by atoms with Crippen molar-refractivity contribution in [1.29, 1.82) is 0 Å². The van der Waals surface area contributed by atoms with Crippen LogP contribution in [-0.4, -0.2) is 30.4 Å². The fourth-order valence-corrected chi connectivity index (χ4v) is 3.10. The van der Waals surface area contributed by atoms with Gasteiger partial charge in [-0.2, -0.15) is 0 Å². The van der Waals surface area contributed by atoms with Gasteiger partial charge in [-0.15, -0.1) is 0 Å². The molecule has 1 fully saturated rings. The third-order valence-corrected chi connectivity index (χ3v) is 4.32. The summed E-state index contributed by atoms with van der Waals surface area (Å²) >= 11 is 0. The number of carbonyl (C=O) groups excluding carboxylic acids is 3. The number of hydrogen-bond acceptors (Lipinski definition) is 5. The van der Waals surface area contributed by atoms with Crippen LogP contribution in [0.2, 0.25) is 0 Å². The smallest absolute Gasteiger partial charge is 0.334 e.